The highest BCUT2D eigenvalue weighted by Gasteiger charge is 2.65. The summed E-state index contributed by atoms with van der Waals surface area (Å²) in [6.45, 7) is -1.38. The predicted octanol–water partition coefficient (Wildman–Crippen LogP) is 6.96. The predicted molar refractivity (Wildman–Crippen MR) is 153 cm³/mol. The van der Waals surface area contributed by atoms with Crippen LogP contribution in [0, 0.1) is 0 Å². The van der Waals surface area contributed by atoms with Crippen molar-refractivity contribution < 1.29 is 85.7 Å². The van der Waals surface area contributed by atoms with Crippen LogP contribution >= 0.6 is 0 Å². The van der Waals surface area contributed by atoms with E-state index in [0.717, 1.165) is 24.3 Å². The molecule has 0 spiro atoms. The Hall–Kier alpha value is -3.53. The largest absolute Gasteiger partial charge is 0.490 e. The summed E-state index contributed by atoms with van der Waals surface area (Å²) < 4.78 is 191. The number of rotatable bonds is 13. The second-order valence-corrected chi connectivity index (χ2v) is 14.4. The molecule has 0 bridgehead atoms. The van der Waals surface area contributed by atoms with E-state index < -0.39 is 81.1 Å². The summed E-state index contributed by atoms with van der Waals surface area (Å²) in [5.41, 5.74) is -6.40. The molecule has 0 aliphatic rings. The zero-order chi connectivity index (χ0) is 38.1. The molecule has 3 atom stereocenters. The van der Waals surface area contributed by atoms with Gasteiger partial charge in [-0.1, -0.05) is 0 Å². The summed E-state index contributed by atoms with van der Waals surface area (Å²) in [7, 11) is -7.88. The fourth-order valence-electron chi connectivity index (χ4n) is 3.62. The summed E-state index contributed by atoms with van der Waals surface area (Å²) in [6.07, 6.45) is -20.3. The third-order valence-corrected chi connectivity index (χ3v) is 9.77. The average Bonchev–Trinajstić information content (AvgIpc) is 2.97. The minimum atomic E-state index is -6.58. The topological polar surface area (TPSA) is 123 Å². The first-order valence-electron chi connectivity index (χ1n) is 13.5. The molecule has 8 nitrogen and oxygen atoms in total. The maximum absolute atomic E-state index is 14.0. The van der Waals surface area contributed by atoms with Crippen LogP contribution in [0.1, 0.15) is 13.8 Å². The highest BCUT2D eigenvalue weighted by molar-refractivity contribution is 7.97. The van der Waals surface area contributed by atoms with Gasteiger partial charge in [0, 0.05) is 0 Å². The molecule has 3 rings (SSSR count). The smallest absolute Gasteiger partial charge is 0.432 e. The first-order valence-corrected chi connectivity index (χ1v) is 16.2. The van der Waals surface area contributed by atoms with Gasteiger partial charge in [0.25, 0.3) is 6.10 Å². The molecule has 0 heterocycles. The molecule has 0 aliphatic carbocycles. The van der Waals surface area contributed by atoms with Crippen molar-refractivity contribution in [1.82, 2.24) is 0 Å². The highest BCUT2D eigenvalue weighted by atomic mass is 32.2. The molecular weight excluding hydrogens is 749 g/mol. The molecule has 0 saturated carbocycles. The molecule has 3 unspecified atom stereocenters. The highest BCUT2D eigenvalue weighted by Crippen LogP contribution is 2.40. The number of hydrogen-bond donors (Lipinski definition) is 3. The number of alkyl halides is 11. The molecule has 3 aromatic rings. The van der Waals surface area contributed by atoms with Crippen molar-refractivity contribution in [2.24, 2.45) is 0 Å². The van der Waals surface area contributed by atoms with Gasteiger partial charge in [0.2, 0.25) is 0 Å². The number of aliphatic hydroxyl groups is 2. The zero-order valence-electron chi connectivity index (χ0n) is 25.3. The number of halogens is 11. The fraction of sp³-hybridized carbons (Fsp3) is 0.379. The Balaban J connectivity index is 1.98. The van der Waals surface area contributed by atoms with E-state index in [-0.39, 0.29) is 16.4 Å². The molecule has 0 aliphatic heterocycles. The molecule has 3 N–H and O–H groups in total. The van der Waals surface area contributed by atoms with E-state index in [9.17, 15) is 66.9 Å². The van der Waals surface area contributed by atoms with Gasteiger partial charge in [0.05, 0.1) is 10.9 Å². The van der Waals surface area contributed by atoms with E-state index in [1.807, 2.05) is 0 Å². The third-order valence-electron chi connectivity index (χ3n) is 6.64. The fourth-order valence-corrected chi connectivity index (χ4v) is 6.11. The average molecular weight is 776 g/mol. The van der Waals surface area contributed by atoms with Crippen LogP contribution in [0.2, 0.25) is 0 Å². The lowest BCUT2D eigenvalue weighted by molar-refractivity contribution is -0.260. The summed E-state index contributed by atoms with van der Waals surface area (Å²) >= 11 is 0. The number of hydrogen-bond acceptors (Lipinski definition) is 7. The Kier molecular flexibility index (Phi) is 11.6. The quantitative estimate of drug-likeness (QED) is 0.0969. The van der Waals surface area contributed by atoms with Gasteiger partial charge in [0.15, 0.2) is 25.9 Å². The SMILES string of the molecule is CC(O)(COc1ccc([S+](c2ccc(OCC(C)(O)C(F)(F)F)cc2)c2ccc(OC(C(F)(F)F)C(F)(F)S(=O)(=O)O)cc2)cc1)C(F)(F)F. The molecular formula is C29H26F11O8S2+. The first kappa shape index (κ1) is 40.9. The van der Waals surface area contributed by atoms with Crippen molar-refractivity contribution in [2.45, 2.75) is 69.6 Å². The standard InChI is InChI=1S/C29H25F11O8S2/c1-24(41,28(35,36)37)15-46-17-3-9-20(10-4-17)49(21-11-5-18(6-12-21)47-16-25(2,42)29(38,39)40)22-13-7-19(8-14-22)48-23(26(30,31)32)27(33,34)50(43,44)45/h3-14,23,41-42H,15-16H2,1-2H3/p+1. The molecule has 0 saturated heterocycles. The van der Waals surface area contributed by atoms with Gasteiger partial charge in [0.1, 0.15) is 30.5 Å². The van der Waals surface area contributed by atoms with Crippen LogP contribution in [-0.2, 0) is 21.0 Å². The second kappa shape index (κ2) is 14.2. The molecule has 0 aromatic heterocycles. The summed E-state index contributed by atoms with van der Waals surface area (Å²) in [5.74, 6) is -1.14. The molecule has 278 valence electrons. The van der Waals surface area contributed by atoms with Crippen LogP contribution in [0.25, 0.3) is 0 Å². The van der Waals surface area contributed by atoms with Gasteiger partial charge in [-0.2, -0.15) is 56.7 Å². The lowest BCUT2D eigenvalue weighted by atomic mass is 10.1. The lowest BCUT2D eigenvalue weighted by Crippen LogP contribution is -2.53. The molecule has 50 heavy (non-hydrogen) atoms. The molecule has 0 amide bonds. The van der Waals surface area contributed by atoms with E-state index in [4.69, 9.17) is 14.0 Å². The Morgan fingerprint density at radius 3 is 1.16 bits per heavy atom. The number of benzene rings is 3. The van der Waals surface area contributed by atoms with Crippen LogP contribution in [-0.4, -0.2) is 77.5 Å². The van der Waals surface area contributed by atoms with Gasteiger partial charge in [-0.3, -0.25) is 4.55 Å². The summed E-state index contributed by atoms with van der Waals surface area (Å²) in [6, 6.07) is 14.1. The van der Waals surface area contributed by atoms with Crippen molar-refractivity contribution >= 4 is 21.0 Å². The molecule has 0 fully saturated rings. The van der Waals surface area contributed by atoms with Crippen LogP contribution < -0.4 is 14.2 Å². The van der Waals surface area contributed by atoms with Crippen LogP contribution in [0.5, 0.6) is 17.2 Å². The minimum Gasteiger partial charge on any atom is -0.490 e. The van der Waals surface area contributed by atoms with E-state index >= 15 is 0 Å². The Labute approximate surface area is 279 Å². The second-order valence-electron chi connectivity index (χ2n) is 10.9. The Bertz CT molecular complexity index is 1620. The van der Waals surface area contributed by atoms with Crippen molar-refractivity contribution in [3.05, 3.63) is 72.8 Å². The molecule has 0 radical (unpaired) electrons. The third kappa shape index (κ3) is 9.62. The van der Waals surface area contributed by atoms with Gasteiger partial charge in [-0.25, -0.2) is 0 Å². The monoisotopic (exact) mass is 775 g/mol. The summed E-state index contributed by atoms with van der Waals surface area (Å²) in [4.78, 5) is 0.937. The van der Waals surface area contributed by atoms with Crippen molar-refractivity contribution in [1.29, 1.82) is 0 Å². The van der Waals surface area contributed by atoms with Gasteiger partial charge in [-0.05, 0) is 86.6 Å². The maximum Gasteiger partial charge on any atom is 0.432 e. The summed E-state index contributed by atoms with van der Waals surface area (Å²) in [5, 5.41) is 13.4. The van der Waals surface area contributed by atoms with Crippen molar-refractivity contribution in [3.63, 3.8) is 0 Å². The van der Waals surface area contributed by atoms with Gasteiger partial charge in [-0.15, -0.1) is 0 Å². The van der Waals surface area contributed by atoms with Crippen molar-refractivity contribution in [3.8, 4) is 17.2 Å². The van der Waals surface area contributed by atoms with Gasteiger partial charge < -0.3 is 24.4 Å². The lowest BCUT2D eigenvalue weighted by Gasteiger charge is -2.27. The van der Waals surface area contributed by atoms with Crippen LogP contribution in [0.4, 0.5) is 48.3 Å². The normalized spacial score (nSPS) is 16.9. The van der Waals surface area contributed by atoms with Crippen LogP contribution in [0.15, 0.2) is 87.5 Å². The maximum atomic E-state index is 14.0. The van der Waals surface area contributed by atoms with E-state index in [1.165, 1.54) is 48.5 Å². The number of ether oxygens (including phenoxy) is 3. The Morgan fingerprint density at radius 1 is 0.600 bits per heavy atom. The molecule has 21 heteroatoms. The van der Waals surface area contributed by atoms with E-state index in [2.05, 4.69) is 4.74 Å². The van der Waals surface area contributed by atoms with Crippen LogP contribution in [0.3, 0.4) is 0 Å². The molecule has 3 aromatic carbocycles. The van der Waals surface area contributed by atoms with E-state index in [1.54, 1.807) is 0 Å². The van der Waals surface area contributed by atoms with Gasteiger partial charge >= 0.3 is 33.9 Å². The van der Waals surface area contributed by atoms with Crippen molar-refractivity contribution in [2.75, 3.05) is 13.2 Å². The Morgan fingerprint density at radius 2 is 0.900 bits per heavy atom. The minimum absolute atomic E-state index is 0.121. The first-order chi connectivity index (χ1) is 22.6. The zero-order valence-corrected chi connectivity index (χ0v) is 26.9. The van der Waals surface area contributed by atoms with E-state index in [0.29, 0.717) is 23.6 Å².